The van der Waals surface area contributed by atoms with E-state index in [1.807, 2.05) is 49.4 Å². The van der Waals surface area contributed by atoms with Crippen molar-refractivity contribution in [3.8, 4) is 17.2 Å². The van der Waals surface area contributed by atoms with E-state index in [1.165, 1.54) is 0 Å². The van der Waals surface area contributed by atoms with Gasteiger partial charge in [-0.15, -0.1) is 0 Å². The van der Waals surface area contributed by atoms with E-state index in [0.717, 1.165) is 28.4 Å². The maximum atomic E-state index is 5.79. The van der Waals surface area contributed by atoms with Gasteiger partial charge < -0.3 is 19.9 Å². The molecule has 112 valence electrons. The van der Waals surface area contributed by atoms with Crippen molar-refractivity contribution in [3.05, 3.63) is 53.6 Å². The highest BCUT2D eigenvalue weighted by Crippen LogP contribution is 2.22. The maximum absolute atomic E-state index is 5.79. The van der Waals surface area contributed by atoms with Gasteiger partial charge in [-0.2, -0.15) is 0 Å². The van der Waals surface area contributed by atoms with Crippen LogP contribution in [0.1, 0.15) is 18.1 Å². The van der Waals surface area contributed by atoms with Gasteiger partial charge in [0.2, 0.25) is 0 Å². The molecule has 0 atom stereocenters. The van der Waals surface area contributed by atoms with Gasteiger partial charge in [-0.05, 0) is 36.8 Å². The summed E-state index contributed by atoms with van der Waals surface area (Å²) in [4.78, 5) is 0. The van der Waals surface area contributed by atoms with Crippen LogP contribution >= 0.6 is 0 Å². The Morgan fingerprint density at radius 2 is 1.76 bits per heavy atom. The fourth-order valence-corrected chi connectivity index (χ4v) is 2.07. The number of methoxy groups -OCH3 is 1. The monoisotopic (exact) mass is 287 g/mol. The second-order valence-corrected chi connectivity index (χ2v) is 4.55. The lowest BCUT2D eigenvalue weighted by Crippen LogP contribution is -2.02. The number of ether oxygens (including phenoxy) is 3. The molecular formula is C17H21NO3. The molecule has 2 aromatic carbocycles. The SMILES string of the molecule is CCOc1cccc(OCc2ccc(OC)c(CN)c2)c1. The van der Waals surface area contributed by atoms with Gasteiger partial charge in [0.1, 0.15) is 23.9 Å². The van der Waals surface area contributed by atoms with Crippen LogP contribution in [0.4, 0.5) is 0 Å². The van der Waals surface area contributed by atoms with Crippen molar-refractivity contribution in [2.45, 2.75) is 20.1 Å². The Balaban J connectivity index is 2.04. The van der Waals surface area contributed by atoms with E-state index < -0.39 is 0 Å². The molecule has 0 aliphatic heterocycles. The Bertz CT molecular complexity index is 584. The molecule has 0 aliphatic carbocycles. The second kappa shape index (κ2) is 7.55. The van der Waals surface area contributed by atoms with Crippen molar-refractivity contribution in [1.82, 2.24) is 0 Å². The molecular weight excluding hydrogens is 266 g/mol. The Morgan fingerprint density at radius 3 is 2.43 bits per heavy atom. The van der Waals surface area contributed by atoms with E-state index in [9.17, 15) is 0 Å². The summed E-state index contributed by atoms with van der Waals surface area (Å²) in [7, 11) is 1.64. The van der Waals surface area contributed by atoms with Crippen molar-refractivity contribution in [1.29, 1.82) is 0 Å². The summed E-state index contributed by atoms with van der Waals surface area (Å²) in [6.07, 6.45) is 0. The Morgan fingerprint density at radius 1 is 1.00 bits per heavy atom. The van der Waals surface area contributed by atoms with Crippen LogP contribution in [0.5, 0.6) is 17.2 Å². The third kappa shape index (κ3) is 4.13. The summed E-state index contributed by atoms with van der Waals surface area (Å²) in [5, 5.41) is 0. The minimum Gasteiger partial charge on any atom is -0.496 e. The van der Waals surface area contributed by atoms with Crippen molar-refractivity contribution in [3.63, 3.8) is 0 Å². The van der Waals surface area contributed by atoms with E-state index in [2.05, 4.69) is 0 Å². The number of hydrogen-bond acceptors (Lipinski definition) is 4. The topological polar surface area (TPSA) is 53.7 Å². The summed E-state index contributed by atoms with van der Waals surface area (Å²) in [6.45, 7) is 3.52. The van der Waals surface area contributed by atoms with Crippen LogP contribution in [-0.2, 0) is 13.2 Å². The molecule has 0 radical (unpaired) electrons. The van der Waals surface area contributed by atoms with Gasteiger partial charge in [0.05, 0.1) is 13.7 Å². The third-order valence-electron chi connectivity index (χ3n) is 3.09. The van der Waals surface area contributed by atoms with Gasteiger partial charge in [-0.3, -0.25) is 0 Å². The first-order chi connectivity index (χ1) is 10.3. The van der Waals surface area contributed by atoms with Crippen LogP contribution < -0.4 is 19.9 Å². The van der Waals surface area contributed by atoms with Gasteiger partial charge in [-0.25, -0.2) is 0 Å². The molecule has 4 nitrogen and oxygen atoms in total. The molecule has 2 aromatic rings. The van der Waals surface area contributed by atoms with E-state index in [1.54, 1.807) is 7.11 Å². The fourth-order valence-electron chi connectivity index (χ4n) is 2.07. The normalized spacial score (nSPS) is 10.2. The van der Waals surface area contributed by atoms with E-state index >= 15 is 0 Å². The molecule has 0 saturated heterocycles. The molecule has 21 heavy (non-hydrogen) atoms. The van der Waals surface area contributed by atoms with Gasteiger partial charge in [0.15, 0.2) is 0 Å². The molecule has 0 aliphatic rings. The highest BCUT2D eigenvalue weighted by atomic mass is 16.5. The quantitative estimate of drug-likeness (QED) is 0.850. The zero-order valence-corrected chi connectivity index (χ0v) is 12.5. The van der Waals surface area contributed by atoms with Crippen LogP contribution in [0.2, 0.25) is 0 Å². The average Bonchev–Trinajstić information content (AvgIpc) is 2.53. The molecule has 0 unspecified atom stereocenters. The first kappa shape index (κ1) is 15.2. The van der Waals surface area contributed by atoms with E-state index in [-0.39, 0.29) is 0 Å². The highest BCUT2D eigenvalue weighted by Gasteiger charge is 2.04. The Labute approximate surface area is 125 Å². The van der Waals surface area contributed by atoms with Crippen molar-refractivity contribution < 1.29 is 14.2 Å². The average molecular weight is 287 g/mol. The second-order valence-electron chi connectivity index (χ2n) is 4.55. The van der Waals surface area contributed by atoms with Crippen LogP contribution in [0.15, 0.2) is 42.5 Å². The van der Waals surface area contributed by atoms with Crippen LogP contribution in [-0.4, -0.2) is 13.7 Å². The minimum atomic E-state index is 0.441. The molecule has 0 heterocycles. The Hall–Kier alpha value is -2.20. The number of rotatable bonds is 7. The standard InChI is InChI=1S/C17H21NO3/c1-3-20-15-5-4-6-16(10-15)21-12-13-7-8-17(19-2)14(9-13)11-18/h4-10H,3,11-12,18H2,1-2H3. The lowest BCUT2D eigenvalue weighted by Gasteiger charge is -2.11. The van der Waals surface area contributed by atoms with Gasteiger partial charge in [0.25, 0.3) is 0 Å². The van der Waals surface area contributed by atoms with Crippen LogP contribution in [0.3, 0.4) is 0 Å². The largest absolute Gasteiger partial charge is 0.496 e. The predicted molar refractivity (Wildman–Crippen MR) is 82.8 cm³/mol. The molecule has 4 heteroatoms. The molecule has 2 rings (SSSR count). The summed E-state index contributed by atoms with van der Waals surface area (Å²) >= 11 is 0. The lowest BCUT2D eigenvalue weighted by molar-refractivity contribution is 0.299. The smallest absolute Gasteiger partial charge is 0.123 e. The third-order valence-corrected chi connectivity index (χ3v) is 3.09. The van der Waals surface area contributed by atoms with Crippen LogP contribution in [0, 0.1) is 0 Å². The number of hydrogen-bond donors (Lipinski definition) is 1. The number of nitrogens with two attached hydrogens (primary N) is 1. The van der Waals surface area contributed by atoms with Gasteiger partial charge in [-0.1, -0.05) is 12.1 Å². The highest BCUT2D eigenvalue weighted by molar-refractivity contribution is 5.37. The zero-order valence-electron chi connectivity index (χ0n) is 12.5. The molecule has 0 saturated carbocycles. The molecule has 2 N–H and O–H groups in total. The molecule has 0 aromatic heterocycles. The van der Waals surface area contributed by atoms with Crippen molar-refractivity contribution >= 4 is 0 Å². The molecule has 0 spiro atoms. The summed E-state index contributed by atoms with van der Waals surface area (Å²) in [6, 6.07) is 13.5. The van der Waals surface area contributed by atoms with Gasteiger partial charge >= 0.3 is 0 Å². The first-order valence-corrected chi connectivity index (χ1v) is 6.98. The minimum absolute atomic E-state index is 0.441. The van der Waals surface area contributed by atoms with Gasteiger partial charge in [0, 0.05) is 18.2 Å². The maximum Gasteiger partial charge on any atom is 0.123 e. The Kier molecular flexibility index (Phi) is 5.46. The predicted octanol–water partition coefficient (Wildman–Crippen LogP) is 3.13. The molecule has 0 amide bonds. The van der Waals surface area contributed by atoms with E-state index in [4.69, 9.17) is 19.9 Å². The number of benzene rings is 2. The zero-order chi connectivity index (χ0) is 15.1. The van der Waals surface area contributed by atoms with Crippen LogP contribution in [0.25, 0.3) is 0 Å². The summed E-state index contributed by atoms with van der Waals surface area (Å²) < 4.78 is 16.5. The molecule has 0 bridgehead atoms. The first-order valence-electron chi connectivity index (χ1n) is 6.98. The summed E-state index contributed by atoms with van der Waals surface area (Å²) in [5.41, 5.74) is 7.75. The lowest BCUT2D eigenvalue weighted by atomic mass is 10.1. The summed E-state index contributed by atoms with van der Waals surface area (Å²) in [5.74, 6) is 2.40. The fraction of sp³-hybridized carbons (Fsp3) is 0.294. The van der Waals surface area contributed by atoms with Crippen molar-refractivity contribution in [2.24, 2.45) is 5.73 Å². The van der Waals surface area contributed by atoms with Crippen molar-refractivity contribution in [2.75, 3.05) is 13.7 Å². The van der Waals surface area contributed by atoms with E-state index in [0.29, 0.717) is 19.8 Å². The molecule has 0 fully saturated rings.